The summed E-state index contributed by atoms with van der Waals surface area (Å²) in [5, 5.41) is 2.32. The van der Waals surface area contributed by atoms with Gasteiger partial charge >= 0.3 is 10.6 Å². The van der Waals surface area contributed by atoms with Crippen LogP contribution in [0, 0.1) is 0 Å². The van der Waals surface area contributed by atoms with E-state index in [1.165, 1.54) is 11.8 Å². The lowest BCUT2D eigenvalue weighted by Gasteiger charge is -2.17. The van der Waals surface area contributed by atoms with Crippen LogP contribution in [-0.4, -0.2) is 57.5 Å². The molecule has 120 valence electrons. The van der Waals surface area contributed by atoms with E-state index in [4.69, 9.17) is 0 Å². The Balaban J connectivity index is 3.11. The van der Waals surface area contributed by atoms with Crippen molar-refractivity contribution in [3.8, 4) is 0 Å². The lowest BCUT2D eigenvalue weighted by atomic mass is 10.5. The quantitative estimate of drug-likeness (QED) is 0.782. The van der Waals surface area contributed by atoms with Gasteiger partial charge in [-0.25, -0.2) is 18.2 Å². The summed E-state index contributed by atoms with van der Waals surface area (Å²) in [6.07, 6.45) is 0.820. The van der Waals surface area contributed by atoms with Gasteiger partial charge in [0, 0.05) is 13.1 Å². The first kappa shape index (κ1) is 17.8. The summed E-state index contributed by atoms with van der Waals surface area (Å²) in [7, 11) is -5.04. The molecule has 0 aliphatic heterocycles. The molecule has 0 unspecified atom stereocenters. The largest absolute Gasteiger partial charge is 0.400 e. The number of hydrogen-bond acceptors (Lipinski definition) is 6. The number of sulfone groups is 1. The number of hydrogen-bond donors (Lipinski definition) is 0. The van der Waals surface area contributed by atoms with E-state index in [0.717, 1.165) is 6.33 Å². The molecule has 1 aromatic heterocycles. The molecular formula is C10H16F2N4O3S2. The molecule has 1 rings (SSSR count). The number of thioether (sulfide) groups is 1. The summed E-state index contributed by atoms with van der Waals surface area (Å²) in [5.41, 5.74) is 0. The molecule has 0 saturated carbocycles. The van der Waals surface area contributed by atoms with Gasteiger partial charge in [0.1, 0.15) is 6.33 Å². The third-order valence-corrected chi connectivity index (χ3v) is 5.50. The Labute approximate surface area is 125 Å². The van der Waals surface area contributed by atoms with E-state index in [9.17, 15) is 22.0 Å². The van der Waals surface area contributed by atoms with Gasteiger partial charge in [-0.3, -0.25) is 0 Å². The summed E-state index contributed by atoms with van der Waals surface area (Å²) in [6.45, 7) is 5.60. The summed E-state index contributed by atoms with van der Waals surface area (Å²) >= 11 is -0.0376. The van der Waals surface area contributed by atoms with Crippen LogP contribution in [0.4, 0.5) is 13.6 Å². The molecule has 0 aliphatic carbocycles. The highest BCUT2D eigenvalue weighted by Crippen LogP contribution is 2.37. The van der Waals surface area contributed by atoms with E-state index in [2.05, 4.69) is 10.1 Å². The maximum absolute atomic E-state index is 13.6. The van der Waals surface area contributed by atoms with Gasteiger partial charge in [-0.1, -0.05) is 18.7 Å². The molecule has 0 N–H and O–H groups in total. The Kier molecular flexibility index (Phi) is 5.68. The molecule has 1 aromatic rings. The Morgan fingerprint density at radius 3 is 2.43 bits per heavy atom. The fraction of sp³-hybridized carbons (Fsp3) is 0.700. The smallest absolute Gasteiger partial charge is 0.323 e. The Bertz CT molecular complexity index is 599. The van der Waals surface area contributed by atoms with Crippen molar-refractivity contribution in [1.29, 1.82) is 0 Å². The minimum Gasteiger partial charge on any atom is -0.323 e. The molecule has 0 saturated heterocycles. The van der Waals surface area contributed by atoms with Gasteiger partial charge in [0.15, 0.2) is 0 Å². The molecule has 0 aliphatic rings. The summed E-state index contributed by atoms with van der Waals surface area (Å²) in [4.78, 5) is 16.6. The highest BCUT2D eigenvalue weighted by atomic mass is 32.3. The number of rotatable bonds is 6. The van der Waals surface area contributed by atoms with Gasteiger partial charge in [0.25, 0.3) is 15.0 Å². The van der Waals surface area contributed by atoms with E-state index in [1.54, 1.807) is 13.8 Å². The van der Waals surface area contributed by atoms with Crippen molar-refractivity contribution >= 4 is 27.6 Å². The zero-order valence-electron chi connectivity index (χ0n) is 11.8. The fourth-order valence-electron chi connectivity index (χ4n) is 1.45. The van der Waals surface area contributed by atoms with E-state index in [0.29, 0.717) is 17.8 Å². The highest BCUT2D eigenvalue weighted by molar-refractivity contribution is 8.14. The molecule has 11 heteroatoms. The molecule has 1 amide bonds. The second-order valence-corrected chi connectivity index (χ2v) is 7.35. The Morgan fingerprint density at radius 1 is 1.38 bits per heavy atom. The molecule has 21 heavy (non-hydrogen) atoms. The van der Waals surface area contributed by atoms with Gasteiger partial charge in [-0.2, -0.15) is 13.5 Å². The van der Waals surface area contributed by atoms with Crippen LogP contribution in [0.15, 0.2) is 11.5 Å². The maximum Gasteiger partial charge on any atom is 0.400 e. The van der Waals surface area contributed by atoms with Crippen molar-refractivity contribution < 1.29 is 22.0 Å². The SMILES string of the molecule is CCSC(F)(F)S(=O)(=O)c1ncn(C(=O)N(CC)CC)n1. The number of alkyl halides is 2. The van der Waals surface area contributed by atoms with Gasteiger partial charge in [0.05, 0.1) is 0 Å². The number of nitrogens with zero attached hydrogens (tertiary/aromatic N) is 4. The van der Waals surface area contributed by atoms with E-state index >= 15 is 0 Å². The number of amides is 1. The average molecular weight is 342 g/mol. The molecule has 0 bridgehead atoms. The standard InChI is InChI=1S/C10H16F2N4O3S2/c1-4-15(5-2)9(17)16-7-13-8(14-16)21(18,19)10(11,12)20-6-3/h7H,4-6H2,1-3H3. The second kappa shape index (κ2) is 6.69. The van der Waals surface area contributed by atoms with Crippen molar-refractivity contribution in [2.45, 2.75) is 30.5 Å². The average Bonchev–Trinajstić information content (AvgIpc) is 2.89. The normalized spacial score (nSPS) is 12.4. The summed E-state index contributed by atoms with van der Waals surface area (Å²) < 4.78 is 47.3. The number of carbonyl (C=O) groups excluding carboxylic acids is 1. The van der Waals surface area contributed by atoms with E-state index < -0.39 is 25.6 Å². The summed E-state index contributed by atoms with van der Waals surface area (Å²) in [5.74, 6) is -0.0919. The predicted octanol–water partition coefficient (Wildman–Crippen LogP) is 1.67. The first-order valence-electron chi connectivity index (χ1n) is 6.18. The van der Waals surface area contributed by atoms with Crippen LogP contribution in [0.1, 0.15) is 20.8 Å². The van der Waals surface area contributed by atoms with Crippen molar-refractivity contribution in [3.63, 3.8) is 0 Å². The third-order valence-electron chi connectivity index (χ3n) is 2.57. The molecule has 0 aromatic carbocycles. The number of carbonyl (C=O) groups is 1. The third kappa shape index (κ3) is 3.51. The molecule has 0 fully saturated rings. The predicted molar refractivity (Wildman–Crippen MR) is 74.0 cm³/mol. The van der Waals surface area contributed by atoms with Gasteiger partial charge in [0.2, 0.25) is 0 Å². The number of halogens is 2. The van der Waals surface area contributed by atoms with Crippen LogP contribution in [0.25, 0.3) is 0 Å². The second-order valence-electron chi connectivity index (χ2n) is 3.83. The van der Waals surface area contributed by atoms with Gasteiger partial charge in [-0.15, -0.1) is 5.10 Å². The van der Waals surface area contributed by atoms with Crippen molar-refractivity contribution in [2.75, 3.05) is 18.8 Å². The molecule has 0 atom stereocenters. The van der Waals surface area contributed by atoms with Crippen LogP contribution < -0.4 is 0 Å². The van der Waals surface area contributed by atoms with Crippen LogP contribution in [0.5, 0.6) is 0 Å². The molecular weight excluding hydrogens is 326 g/mol. The highest BCUT2D eigenvalue weighted by Gasteiger charge is 2.49. The zero-order chi connectivity index (χ0) is 16.3. The van der Waals surface area contributed by atoms with Crippen molar-refractivity contribution in [2.24, 2.45) is 0 Å². The topological polar surface area (TPSA) is 85.2 Å². The van der Waals surface area contributed by atoms with Crippen LogP contribution >= 0.6 is 11.8 Å². The molecule has 7 nitrogen and oxygen atoms in total. The lowest BCUT2D eigenvalue weighted by Crippen LogP contribution is -2.35. The Hall–Kier alpha value is -1.23. The van der Waals surface area contributed by atoms with Gasteiger partial charge < -0.3 is 4.90 Å². The Morgan fingerprint density at radius 2 is 1.95 bits per heavy atom. The maximum atomic E-state index is 13.6. The van der Waals surface area contributed by atoms with Crippen LogP contribution in [0.3, 0.4) is 0 Å². The fourth-order valence-corrected chi connectivity index (χ4v) is 3.58. The molecule has 1 heterocycles. The first-order chi connectivity index (χ1) is 9.71. The molecule has 0 spiro atoms. The lowest BCUT2D eigenvalue weighted by molar-refractivity contribution is 0.194. The van der Waals surface area contributed by atoms with Crippen molar-refractivity contribution in [3.05, 3.63) is 6.33 Å². The van der Waals surface area contributed by atoms with Crippen molar-refractivity contribution in [1.82, 2.24) is 19.7 Å². The van der Waals surface area contributed by atoms with Crippen LogP contribution in [0.2, 0.25) is 0 Å². The number of aromatic nitrogens is 3. The summed E-state index contributed by atoms with van der Waals surface area (Å²) in [6, 6.07) is -0.625. The monoisotopic (exact) mass is 342 g/mol. The minimum absolute atomic E-state index is 0.0376. The zero-order valence-corrected chi connectivity index (χ0v) is 13.4. The van der Waals surface area contributed by atoms with Crippen LogP contribution in [-0.2, 0) is 9.84 Å². The van der Waals surface area contributed by atoms with E-state index in [-0.39, 0.29) is 17.5 Å². The van der Waals surface area contributed by atoms with Gasteiger partial charge in [-0.05, 0) is 19.6 Å². The first-order valence-corrected chi connectivity index (χ1v) is 8.65. The van der Waals surface area contributed by atoms with E-state index in [1.807, 2.05) is 0 Å². The molecule has 0 radical (unpaired) electrons. The minimum atomic E-state index is -5.04.